The summed E-state index contributed by atoms with van der Waals surface area (Å²) in [5.41, 5.74) is 5.39. The van der Waals surface area contributed by atoms with E-state index in [9.17, 15) is 9.59 Å². The number of carbonyl (C=O) groups excluding carboxylic acids is 2. The van der Waals surface area contributed by atoms with Gasteiger partial charge in [-0.1, -0.05) is 13.8 Å². The van der Waals surface area contributed by atoms with E-state index in [1.807, 2.05) is 13.8 Å². The molecule has 0 aromatic carbocycles. The van der Waals surface area contributed by atoms with Gasteiger partial charge in [0.25, 0.3) is 0 Å². The lowest BCUT2D eigenvalue weighted by Crippen LogP contribution is -2.48. The first-order chi connectivity index (χ1) is 6.88. The third-order valence-corrected chi connectivity index (χ3v) is 1.92. The Morgan fingerprint density at radius 3 is 2.12 bits per heavy atom. The predicted octanol–water partition coefficient (Wildman–Crippen LogP) is 0.459. The van der Waals surface area contributed by atoms with Crippen LogP contribution in [0.3, 0.4) is 0 Å². The van der Waals surface area contributed by atoms with E-state index in [1.165, 1.54) is 7.11 Å². The first-order valence-electron chi connectivity index (χ1n) is 5.02. The van der Waals surface area contributed by atoms with Gasteiger partial charge >= 0.3 is 5.97 Å². The van der Waals surface area contributed by atoms with E-state index in [0.29, 0.717) is 12.3 Å². The van der Waals surface area contributed by atoms with E-state index in [0.717, 1.165) is 0 Å². The zero-order chi connectivity index (χ0) is 12.0. The highest BCUT2D eigenvalue weighted by Crippen LogP contribution is 2.06. The number of methoxy groups -OCH3 is 1. The molecule has 3 N–H and O–H groups in total. The molecule has 6 heteroatoms. The summed E-state index contributed by atoms with van der Waals surface area (Å²) in [5.74, 6) is -0.480. The molecular formula is C10H21ClN2O3. The van der Waals surface area contributed by atoms with Crippen molar-refractivity contribution in [3.8, 4) is 0 Å². The molecule has 1 amide bonds. The summed E-state index contributed by atoms with van der Waals surface area (Å²) in [6.45, 7) is 5.50. The third kappa shape index (κ3) is 6.63. The molecule has 0 rings (SSSR count). The summed E-state index contributed by atoms with van der Waals surface area (Å²) in [6.07, 6.45) is 0.547. The van der Waals surface area contributed by atoms with Gasteiger partial charge in [-0.15, -0.1) is 12.4 Å². The molecule has 0 heterocycles. The van der Waals surface area contributed by atoms with Gasteiger partial charge in [-0.25, -0.2) is 4.79 Å². The molecule has 5 nitrogen and oxygen atoms in total. The quantitative estimate of drug-likeness (QED) is 0.697. The van der Waals surface area contributed by atoms with Gasteiger partial charge in [0.05, 0.1) is 13.2 Å². The Morgan fingerprint density at radius 2 is 1.81 bits per heavy atom. The molecule has 0 radical (unpaired) electrons. The van der Waals surface area contributed by atoms with Crippen molar-refractivity contribution in [2.75, 3.05) is 7.11 Å². The highest BCUT2D eigenvalue weighted by atomic mass is 35.5. The van der Waals surface area contributed by atoms with Crippen molar-refractivity contribution in [2.45, 2.75) is 39.3 Å². The molecule has 2 atom stereocenters. The maximum absolute atomic E-state index is 11.3. The fourth-order valence-corrected chi connectivity index (χ4v) is 1.13. The van der Waals surface area contributed by atoms with E-state index in [-0.39, 0.29) is 18.3 Å². The van der Waals surface area contributed by atoms with Crippen LogP contribution in [-0.2, 0) is 14.3 Å². The molecule has 16 heavy (non-hydrogen) atoms. The first-order valence-corrected chi connectivity index (χ1v) is 5.02. The van der Waals surface area contributed by atoms with Crippen LogP contribution in [0.2, 0.25) is 0 Å². The molecular weight excluding hydrogens is 232 g/mol. The number of hydrogen-bond acceptors (Lipinski definition) is 4. The fourth-order valence-electron chi connectivity index (χ4n) is 1.13. The third-order valence-electron chi connectivity index (χ3n) is 1.92. The molecule has 0 aromatic rings. The Bertz CT molecular complexity index is 232. The van der Waals surface area contributed by atoms with Gasteiger partial charge in [-0.2, -0.15) is 0 Å². The number of carbonyl (C=O) groups is 2. The summed E-state index contributed by atoms with van der Waals surface area (Å²) < 4.78 is 4.60. The maximum atomic E-state index is 11.3. The van der Waals surface area contributed by atoms with Crippen LogP contribution in [0.1, 0.15) is 27.2 Å². The number of nitrogens with two attached hydrogens (primary N) is 1. The van der Waals surface area contributed by atoms with Gasteiger partial charge < -0.3 is 15.8 Å². The van der Waals surface area contributed by atoms with E-state index in [1.54, 1.807) is 6.92 Å². The Morgan fingerprint density at radius 1 is 1.31 bits per heavy atom. The van der Waals surface area contributed by atoms with Crippen molar-refractivity contribution in [1.29, 1.82) is 0 Å². The normalized spacial score (nSPS) is 13.6. The van der Waals surface area contributed by atoms with Crippen molar-refractivity contribution in [1.82, 2.24) is 5.32 Å². The van der Waals surface area contributed by atoms with Crippen LogP contribution in [0.15, 0.2) is 0 Å². The van der Waals surface area contributed by atoms with Crippen LogP contribution in [0.5, 0.6) is 0 Å². The zero-order valence-corrected chi connectivity index (χ0v) is 11.0. The predicted molar refractivity (Wildman–Crippen MR) is 64.3 cm³/mol. The van der Waals surface area contributed by atoms with Crippen molar-refractivity contribution >= 4 is 24.3 Å². The van der Waals surface area contributed by atoms with Crippen LogP contribution in [0.4, 0.5) is 0 Å². The van der Waals surface area contributed by atoms with Gasteiger partial charge in [0.15, 0.2) is 0 Å². The van der Waals surface area contributed by atoms with Gasteiger partial charge in [0.1, 0.15) is 6.04 Å². The summed E-state index contributed by atoms with van der Waals surface area (Å²) in [6, 6.07) is -1.22. The highest BCUT2D eigenvalue weighted by Gasteiger charge is 2.23. The summed E-state index contributed by atoms with van der Waals surface area (Å²) in [4.78, 5) is 22.6. The summed E-state index contributed by atoms with van der Waals surface area (Å²) in [7, 11) is 1.30. The number of rotatable bonds is 5. The Hall–Kier alpha value is -0.810. The molecule has 0 aliphatic carbocycles. The number of hydrogen-bond donors (Lipinski definition) is 2. The topological polar surface area (TPSA) is 81.4 Å². The number of halogens is 1. The molecule has 0 fully saturated rings. The van der Waals surface area contributed by atoms with Gasteiger partial charge in [0, 0.05) is 0 Å². The standard InChI is InChI=1S/C10H20N2O3.ClH/c1-6(2)5-8(10(14)15-4)12-9(13)7(3)11;/h6-8H,5,11H2,1-4H3,(H,12,13);1H/t7-,8+;/m1./s1. The number of amides is 1. The first kappa shape index (κ1) is 17.6. The van der Waals surface area contributed by atoms with Gasteiger partial charge in [0.2, 0.25) is 5.91 Å². The van der Waals surface area contributed by atoms with Crippen LogP contribution < -0.4 is 11.1 Å². The lowest BCUT2D eigenvalue weighted by Gasteiger charge is -2.19. The van der Waals surface area contributed by atoms with E-state index < -0.39 is 18.1 Å². The summed E-state index contributed by atoms with van der Waals surface area (Å²) >= 11 is 0. The molecule has 0 aliphatic rings. The van der Waals surface area contributed by atoms with Crippen molar-refractivity contribution in [2.24, 2.45) is 11.7 Å². The SMILES string of the molecule is COC(=O)[C@H](CC(C)C)NC(=O)[C@@H](C)N.Cl. The van der Waals surface area contributed by atoms with E-state index >= 15 is 0 Å². The highest BCUT2D eigenvalue weighted by molar-refractivity contribution is 5.87. The summed E-state index contributed by atoms with van der Waals surface area (Å²) in [5, 5.41) is 2.56. The Labute approximate surface area is 103 Å². The van der Waals surface area contributed by atoms with Crippen molar-refractivity contribution in [3.05, 3.63) is 0 Å². The van der Waals surface area contributed by atoms with Crippen molar-refractivity contribution in [3.63, 3.8) is 0 Å². The lowest BCUT2D eigenvalue weighted by atomic mass is 10.0. The molecule has 0 aromatic heterocycles. The van der Waals surface area contributed by atoms with E-state index in [2.05, 4.69) is 10.1 Å². The second-order valence-corrected chi connectivity index (χ2v) is 4.00. The average Bonchev–Trinajstić information content (AvgIpc) is 2.14. The Balaban J connectivity index is 0. The Kier molecular flexibility index (Phi) is 9.18. The lowest BCUT2D eigenvalue weighted by molar-refractivity contribution is -0.145. The maximum Gasteiger partial charge on any atom is 0.328 e. The molecule has 96 valence electrons. The largest absolute Gasteiger partial charge is 0.467 e. The minimum Gasteiger partial charge on any atom is -0.467 e. The van der Waals surface area contributed by atoms with E-state index in [4.69, 9.17) is 5.73 Å². The van der Waals surface area contributed by atoms with Crippen molar-refractivity contribution < 1.29 is 14.3 Å². The zero-order valence-electron chi connectivity index (χ0n) is 10.1. The minimum atomic E-state index is -0.621. The second kappa shape index (κ2) is 8.35. The van der Waals surface area contributed by atoms with Gasteiger partial charge in [-0.3, -0.25) is 4.79 Å². The number of esters is 1. The molecule has 0 unspecified atom stereocenters. The molecule has 0 saturated carbocycles. The van der Waals surface area contributed by atoms with Crippen LogP contribution in [0, 0.1) is 5.92 Å². The minimum absolute atomic E-state index is 0. The number of nitrogens with one attached hydrogen (secondary N) is 1. The van der Waals surface area contributed by atoms with Crippen LogP contribution in [-0.4, -0.2) is 31.1 Å². The van der Waals surface area contributed by atoms with Crippen LogP contribution in [0.25, 0.3) is 0 Å². The molecule has 0 saturated heterocycles. The smallest absolute Gasteiger partial charge is 0.328 e. The van der Waals surface area contributed by atoms with Gasteiger partial charge in [-0.05, 0) is 19.3 Å². The second-order valence-electron chi connectivity index (χ2n) is 4.00. The monoisotopic (exact) mass is 252 g/mol. The average molecular weight is 253 g/mol. The fraction of sp³-hybridized carbons (Fsp3) is 0.800. The molecule has 0 spiro atoms. The van der Waals surface area contributed by atoms with Crippen LogP contribution >= 0.6 is 12.4 Å². The molecule has 0 aliphatic heterocycles. The number of ether oxygens (including phenoxy) is 1. The molecule has 0 bridgehead atoms.